The first-order valence-corrected chi connectivity index (χ1v) is 10.6. The predicted molar refractivity (Wildman–Crippen MR) is 134 cm³/mol. The molecule has 2 N–H and O–H groups in total. The summed E-state index contributed by atoms with van der Waals surface area (Å²) in [5.41, 5.74) is 1.91. The average molecular weight is 541 g/mol. The Labute approximate surface area is 201 Å². The largest absolute Gasteiger partial charge is 0.497 e. The minimum absolute atomic E-state index is 0. The Hall–Kier alpha value is -1.87. The molecule has 170 valence electrons. The summed E-state index contributed by atoms with van der Waals surface area (Å²) < 4.78 is 24.8. The monoisotopic (exact) mass is 541 g/mol. The molecule has 3 rings (SSSR count). The van der Waals surface area contributed by atoms with Crippen LogP contribution in [0.3, 0.4) is 0 Å². The van der Waals surface area contributed by atoms with Crippen molar-refractivity contribution in [2.75, 3.05) is 40.0 Å². The van der Waals surface area contributed by atoms with Crippen LogP contribution in [0.5, 0.6) is 5.75 Å². The van der Waals surface area contributed by atoms with E-state index in [-0.39, 0.29) is 35.2 Å². The number of halogens is 2. The van der Waals surface area contributed by atoms with Gasteiger partial charge in [-0.3, -0.25) is 4.99 Å². The zero-order valence-corrected chi connectivity index (χ0v) is 20.7. The molecule has 1 saturated heterocycles. The summed E-state index contributed by atoms with van der Waals surface area (Å²) in [4.78, 5) is 4.90. The highest BCUT2D eigenvalue weighted by molar-refractivity contribution is 14.0. The van der Waals surface area contributed by atoms with Crippen molar-refractivity contribution >= 4 is 29.9 Å². The lowest BCUT2D eigenvalue weighted by Crippen LogP contribution is -2.41. The lowest BCUT2D eigenvalue weighted by atomic mass is 9.74. The Morgan fingerprint density at radius 3 is 2.45 bits per heavy atom. The summed E-state index contributed by atoms with van der Waals surface area (Å²) in [5.74, 6) is 1.45. The second kappa shape index (κ2) is 12.9. The van der Waals surface area contributed by atoms with Gasteiger partial charge >= 0.3 is 0 Å². The molecule has 0 aliphatic carbocycles. The molecule has 0 unspecified atom stereocenters. The second-order valence-electron chi connectivity index (χ2n) is 7.58. The molecule has 2 aromatic carbocycles. The normalized spacial score (nSPS) is 15.6. The maximum Gasteiger partial charge on any atom is 0.191 e. The first kappa shape index (κ1) is 25.4. The minimum atomic E-state index is -0.165. The molecule has 0 spiro atoms. The van der Waals surface area contributed by atoms with Crippen molar-refractivity contribution in [3.8, 4) is 5.75 Å². The fourth-order valence-electron chi connectivity index (χ4n) is 3.83. The Balaban J connectivity index is 0.00000341. The zero-order valence-electron chi connectivity index (χ0n) is 18.3. The number of rotatable bonds is 8. The number of ether oxygens (including phenoxy) is 2. The van der Waals surface area contributed by atoms with Crippen LogP contribution in [0, 0.1) is 5.82 Å². The van der Waals surface area contributed by atoms with Crippen molar-refractivity contribution in [2.24, 2.45) is 4.99 Å². The van der Waals surface area contributed by atoms with Gasteiger partial charge < -0.3 is 20.1 Å². The molecule has 0 amide bonds. The predicted octanol–water partition coefficient (Wildman–Crippen LogP) is 4.30. The van der Waals surface area contributed by atoms with Gasteiger partial charge in [0.15, 0.2) is 5.96 Å². The van der Waals surface area contributed by atoms with Crippen LogP contribution in [-0.2, 0) is 16.6 Å². The van der Waals surface area contributed by atoms with Gasteiger partial charge in [-0.2, -0.15) is 0 Å². The van der Waals surface area contributed by atoms with E-state index in [0.717, 1.165) is 44.3 Å². The molecule has 1 aliphatic heterocycles. The van der Waals surface area contributed by atoms with Gasteiger partial charge in [-0.1, -0.05) is 30.3 Å². The fourth-order valence-corrected chi connectivity index (χ4v) is 3.83. The number of nitrogens with zero attached hydrogens (tertiary/aromatic N) is 1. The van der Waals surface area contributed by atoms with Gasteiger partial charge in [0.05, 0.1) is 13.7 Å². The molecule has 5 nitrogen and oxygen atoms in total. The summed E-state index contributed by atoms with van der Waals surface area (Å²) in [5, 5.41) is 6.65. The summed E-state index contributed by atoms with van der Waals surface area (Å²) in [6.07, 6.45) is 2.46. The molecule has 2 aromatic rings. The van der Waals surface area contributed by atoms with Crippen LogP contribution in [0.1, 0.15) is 30.9 Å². The highest BCUT2D eigenvalue weighted by Gasteiger charge is 2.34. The van der Waals surface area contributed by atoms with Gasteiger partial charge in [0.25, 0.3) is 0 Å². The summed E-state index contributed by atoms with van der Waals surface area (Å²) in [6.45, 7) is 5.56. The van der Waals surface area contributed by atoms with Crippen molar-refractivity contribution in [1.29, 1.82) is 0 Å². The highest BCUT2D eigenvalue weighted by Crippen LogP contribution is 2.36. The summed E-state index contributed by atoms with van der Waals surface area (Å²) in [7, 11) is 1.68. The van der Waals surface area contributed by atoms with Crippen molar-refractivity contribution in [3.63, 3.8) is 0 Å². The Kier molecular flexibility index (Phi) is 10.5. The Bertz CT molecular complexity index is 824. The molecule has 7 heteroatoms. The van der Waals surface area contributed by atoms with Crippen LogP contribution < -0.4 is 15.4 Å². The molecule has 0 saturated carbocycles. The molecule has 0 aromatic heterocycles. The van der Waals surface area contributed by atoms with Gasteiger partial charge in [0, 0.05) is 31.7 Å². The first-order chi connectivity index (χ1) is 14.7. The number of methoxy groups -OCH3 is 1. The lowest BCUT2D eigenvalue weighted by molar-refractivity contribution is 0.0531. The Morgan fingerprint density at radius 2 is 1.81 bits per heavy atom. The number of benzene rings is 2. The summed E-state index contributed by atoms with van der Waals surface area (Å²) >= 11 is 0. The maximum absolute atomic E-state index is 13.9. The van der Waals surface area contributed by atoms with Crippen LogP contribution in [0.25, 0.3) is 0 Å². The van der Waals surface area contributed by atoms with E-state index in [0.29, 0.717) is 25.1 Å². The van der Waals surface area contributed by atoms with Crippen LogP contribution in [0.4, 0.5) is 4.39 Å². The van der Waals surface area contributed by atoms with E-state index in [1.54, 1.807) is 13.2 Å². The minimum Gasteiger partial charge on any atom is -0.497 e. The Morgan fingerprint density at radius 1 is 1.10 bits per heavy atom. The van der Waals surface area contributed by atoms with Gasteiger partial charge in [-0.05, 0) is 55.5 Å². The molecule has 0 atom stereocenters. The molecule has 1 heterocycles. The van der Waals surface area contributed by atoms with Crippen molar-refractivity contribution in [3.05, 3.63) is 65.5 Å². The van der Waals surface area contributed by atoms with Gasteiger partial charge in [0.2, 0.25) is 0 Å². The number of nitrogens with one attached hydrogen (secondary N) is 2. The van der Waals surface area contributed by atoms with Crippen molar-refractivity contribution < 1.29 is 13.9 Å². The van der Waals surface area contributed by atoms with Crippen LogP contribution in [-0.4, -0.2) is 45.9 Å². The van der Waals surface area contributed by atoms with E-state index in [1.165, 1.54) is 11.6 Å². The smallest absolute Gasteiger partial charge is 0.191 e. The van der Waals surface area contributed by atoms with E-state index in [4.69, 9.17) is 14.5 Å². The number of aliphatic imine (C=N–C) groups is 1. The third-order valence-corrected chi connectivity index (χ3v) is 5.68. The zero-order chi connectivity index (χ0) is 21.2. The average Bonchev–Trinajstić information content (AvgIpc) is 2.79. The van der Waals surface area contributed by atoms with Crippen LogP contribution in [0.2, 0.25) is 0 Å². The standard InChI is InChI=1S/C24H32FN3O2.HI/c1-3-26-23(27-15-12-19-6-4-5-7-22(19)25)28-18-24(13-16-30-17-14-24)20-8-10-21(29-2)11-9-20;/h4-11H,3,12-18H2,1-2H3,(H2,26,27,28);1H. The van der Waals surface area contributed by atoms with Gasteiger partial charge in [0.1, 0.15) is 11.6 Å². The van der Waals surface area contributed by atoms with E-state index in [2.05, 4.69) is 22.8 Å². The molecule has 0 bridgehead atoms. The lowest BCUT2D eigenvalue weighted by Gasteiger charge is -2.36. The third-order valence-electron chi connectivity index (χ3n) is 5.68. The molecule has 0 radical (unpaired) electrons. The number of guanidine groups is 1. The molecular formula is C24H33FIN3O2. The molecule has 31 heavy (non-hydrogen) atoms. The highest BCUT2D eigenvalue weighted by atomic mass is 127. The van der Waals surface area contributed by atoms with E-state index in [1.807, 2.05) is 31.2 Å². The molecule has 1 fully saturated rings. The van der Waals surface area contributed by atoms with Crippen LogP contribution in [0.15, 0.2) is 53.5 Å². The quantitative estimate of drug-likeness (QED) is 0.298. The van der Waals surface area contributed by atoms with Crippen molar-refractivity contribution in [1.82, 2.24) is 10.6 Å². The summed E-state index contributed by atoms with van der Waals surface area (Å²) in [6, 6.07) is 15.2. The SMILES string of the molecule is CCNC(=NCC1(c2ccc(OC)cc2)CCOCC1)NCCc1ccccc1F.I. The molecular weight excluding hydrogens is 508 g/mol. The number of hydrogen-bond acceptors (Lipinski definition) is 3. The topological polar surface area (TPSA) is 54.9 Å². The second-order valence-corrected chi connectivity index (χ2v) is 7.58. The van der Waals surface area contributed by atoms with E-state index >= 15 is 0 Å². The molecule has 1 aliphatic rings. The van der Waals surface area contributed by atoms with Crippen LogP contribution >= 0.6 is 24.0 Å². The third kappa shape index (κ3) is 7.07. The van der Waals surface area contributed by atoms with Gasteiger partial charge in [-0.15, -0.1) is 24.0 Å². The van der Waals surface area contributed by atoms with Gasteiger partial charge in [-0.25, -0.2) is 4.39 Å². The maximum atomic E-state index is 13.9. The van der Waals surface area contributed by atoms with E-state index < -0.39 is 0 Å². The van der Waals surface area contributed by atoms with E-state index in [9.17, 15) is 4.39 Å². The number of hydrogen-bond donors (Lipinski definition) is 2. The fraction of sp³-hybridized carbons (Fsp3) is 0.458. The first-order valence-electron chi connectivity index (χ1n) is 10.6. The van der Waals surface area contributed by atoms with Crippen molar-refractivity contribution in [2.45, 2.75) is 31.6 Å².